The molecule has 0 saturated carbocycles. The molecule has 0 amide bonds. The van der Waals surface area contributed by atoms with E-state index >= 15 is 0 Å². The Hall–Kier alpha value is -1.07. The number of hydrogen-bond acceptors (Lipinski definition) is 4. The minimum atomic E-state index is -3.24. The van der Waals surface area contributed by atoms with Gasteiger partial charge in [-0.05, 0) is 37.5 Å². The molecule has 0 bridgehead atoms. The standard InChI is InChI=1S/C13H21NO3S/c1-11-6-7-12(14)10-13(11)18(16,17)9-5-3-2-4-8-15/h6-7,10,15H,2-5,8-9,14H2,1H3. The lowest BCUT2D eigenvalue weighted by atomic mass is 10.2. The molecular weight excluding hydrogens is 250 g/mol. The van der Waals surface area contributed by atoms with Crippen molar-refractivity contribution in [3.05, 3.63) is 23.8 Å². The van der Waals surface area contributed by atoms with Gasteiger partial charge in [0, 0.05) is 12.3 Å². The first kappa shape index (κ1) is 15.0. The van der Waals surface area contributed by atoms with Gasteiger partial charge in [0.1, 0.15) is 0 Å². The Morgan fingerprint density at radius 3 is 2.50 bits per heavy atom. The van der Waals surface area contributed by atoms with E-state index in [-0.39, 0.29) is 12.4 Å². The van der Waals surface area contributed by atoms with Crippen molar-refractivity contribution in [2.24, 2.45) is 0 Å². The summed E-state index contributed by atoms with van der Waals surface area (Å²) in [4.78, 5) is 0.338. The Labute approximate surface area is 109 Å². The monoisotopic (exact) mass is 271 g/mol. The van der Waals surface area contributed by atoms with Crippen molar-refractivity contribution in [3.63, 3.8) is 0 Å². The first-order valence-corrected chi connectivity index (χ1v) is 7.82. The summed E-state index contributed by atoms with van der Waals surface area (Å²) in [7, 11) is -3.24. The Morgan fingerprint density at radius 2 is 1.83 bits per heavy atom. The van der Waals surface area contributed by atoms with E-state index < -0.39 is 9.84 Å². The molecule has 0 radical (unpaired) electrons. The minimum Gasteiger partial charge on any atom is -0.399 e. The Morgan fingerprint density at radius 1 is 1.17 bits per heavy atom. The third kappa shape index (κ3) is 4.31. The fourth-order valence-electron chi connectivity index (χ4n) is 1.82. The molecule has 1 rings (SSSR count). The molecule has 0 spiro atoms. The second-order valence-corrected chi connectivity index (χ2v) is 6.56. The van der Waals surface area contributed by atoms with Crippen LogP contribution in [0.4, 0.5) is 5.69 Å². The average molecular weight is 271 g/mol. The van der Waals surface area contributed by atoms with Gasteiger partial charge in [-0.25, -0.2) is 8.42 Å². The van der Waals surface area contributed by atoms with Gasteiger partial charge in [-0.2, -0.15) is 0 Å². The van der Waals surface area contributed by atoms with E-state index in [1.54, 1.807) is 19.1 Å². The van der Waals surface area contributed by atoms with Crippen molar-refractivity contribution in [1.29, 1.82) is 0 Å². The van der Waals surface area contributed by atoms with Crippen molar-refractivity contribution in [3.8, 4) is 0 Å². The van der Waals surface area contributed by atoms with Gasteiger partial charge in [-0.1, -0.05) is 18.9 Å². The maximum absolute atomic E-state index is 12.1. The Bertz CT molecular complexity index is 483. The zero-order valence-electron chi connectivity index (χ0n) is 10.7. The molecule has 0 unspecified atom stereocenters. The Kier molecular flexibility index (Phi) is 5.62. The number of aryl methyl sites for hydroxylation is 1. The van der Waals surface area contributed by atoms with Crippen LogP contribution >= 0.6 is 0 Å². The summed E-state index contributed by atoms with van der Waals surface area (Å²) in [6.07, 6.45) is 3.04. The molecule has 3 N–H and O–H groups in total. The van der Waals surface area contributed by atoms with Gasteiger partial charge in [0.25, 0.3) is 0 Å². The molecule has 0 aliphatic carbocycles. The summed E-state index contributed by atoms with van der Waals surface area (Å²) < 4.78 is 24.3. The highest BCUT2D eigenvalue weighted by Crippen LogP contribution is 2.20. The van der Waals surface area contributed by atoms with Crippen molar-refractivity contribution in [2.75, 3.05) is 18.1 Å². The second kappa shape index (κ2) is 6.75. The normalized spacial score (nSPS) is 11.7. The predicted octanol–water partition coefficient (Wildman–Crippen LogP) is 1.90. The number of sulfone groups is 1. The highest BCUT2D eigenvalue weighted by atomic mass is 32.2. The van der Waals surface area contributed by atoms with Crippen LogP contribution in [0, 0.1) is 6.92 Å². The molecule has 1 aromatic carbocycles. The third-order valence-electron chi connectivity index (χ3n) is 2.87. The molecule has 1 aromatic rings. The zero-order valence-corrected chi connectivity index (χ0v) is 11.5. The quantitative estimate of drug-likeness (QED) is 0.586. The molecule has 102 valence electrons. The number of rotatable bonds is 7. The summed E-state index contributed by atoms with van der Waals surface area (Å²) in [6.45, 7) is 1.94. The summed E-state index contributed by atoms with van der Waals surface area (Å²) in [5.41, 5.74) is 6.83. The predicted molar refractivity (Wildman–Crippen MR) is 73.2 cm³/mol. The SMILES string of the molecule is Cc1ccc(N)cc1S(=O)(=O)CCCCCCO. The lowest BCUT2D eigenvalue weighted by Crippen LogP contribution is -2.09. The van der Waals surface area contributed by atoms with E-state index in [2.05, 4.69) is 0 Å². The molecule has 0 aromatic heterocycles. The smallest absolute Gasteiger partial charge is 0.178 e. The maximum Gasteiger partial charge on any atom is 0.178 e. The number of nitrogen functional groups attached to an aromatic ring is 1. The maximum atomic E-state index is 12.1. The van der Waals surface area contributed by atoms with E-state index in [1.807, 2.05) is 0 Å². The average Bonchev–Trinajstić information content (AvgIpc) is 2.32. The molecule has 0 aliphatic heterocycles. The Balaban J connectivity index is 2.66. The van der Waals surface area contributed by atoms with Crippen LogP contribution in [0.25, 0.3) is 0 Å². The van der Waals surface area contributed by atoms with Gasteiger partial charge in [-0.15, -0.1) is 0 Å². The zero-order chi connectivity index (χ0) is 13.6. The lowest BCUT2D eigenvalue weighted by Gasteiger charge is -2.08. The first-order chi connectivity index (χ1) is 8.47. The van der Waals surface area contributed by atoms with Crippen LogP contribution in [0.3, 0.4) is 0 Å². The molecule has 0 fully saturated rings. The molecule has 0 aliphatic rings. The fourth-order valence-corrected chi connectivity index (χ4v) is 3.50. The number of hydrogen-bond donors (Lipinski definition) is 2. The summed E-state index contributed by atoms with van der Waals surface area (Å²) in [5.74, 6) is 0.142. The van der Waals surface area contributed by atoms with E-state index in [9.17, 15) is 8.42 Å². The molecule has 4 nitrogen and oxygen atoms in total. The van der Waals surface area contributed by atoms with Gasteiger partial charge >= 0.3 is 0 Å². The van der Waals surface area contributed by atoms with E-state index in [0.29, 0.717) is 17.0 Å². The van der Waals surface area contributed by atoms with E-state index in [4.69, 9.17) is 10.8 Å². The number of aliphatic hydroxyl groups excluding tert-OH is 1. The number of nitrogens with two attached hydrogens (primary N) is 1. The topological polar surface area (TPSA) is 80.4 Å². The van der Waals surface area contributed by atoms with Gasteiger partial charge in [0.05, 0.1) is 10.6 Å². The van der Waals surface area contributed by atoms with Crippen LogP contribution in [0.15, 0.2) is 23.1 Å². The molecule has 0 saturated heterocycles. The van der Waals surface area contributed by atoms with Crippen LogP contribution in [0.2, 0.25) is 0 Å². The fraction of sp³-hybridized carbons (Fsp3) is 0.538. The number of benzene rings is 1. The third-order valence-corrected chi connectivity index (χ3v) is 4.80. The van der Waals surface area contributed by atoms with Gasteiger partial charge in [0.2, 0.25) is 0 Å². The number of unbranched alkanes of at least 4 members (excludes halogenated alkanes) is 3. The molecule has 0 heterocycles. The van der Waals surface area contributed by atoms with Crippen molar-refractivity contribution in [1.82, 2.24) is 0 Å². The van der Waals surface area contributed by atoms with Crippen LogP contribution in [-0.4, -0.2) is 25.9 Å². The summed E-state index contributed by atoms with van der Waals surface area (Å²) in [5, 5.41) is 8.64. The highest BCUT2D eigenvalue weighted by Gasteiger charge is 2.16. The van der Waals surface area contributed by atoms with Crippen LogP contribution in [0.1, 0.15) is 31.2 Å². The molecular formula is C13H21NO3S. The first-order valence-electron chi connectivity index (χ1n) is 6.17. The van der Waals surface area contributed by atoms with Crippen LogP contribution in [-0.2, 0) is 9.84 Å². The minimum absolute atomic E-state index is 0.142. The van der Waals surface area contributed by atoms with Crippen molar-refractivity contribution in [2.45, 2.75) is 37.5 Å². The van der Waals surface area contributed by atoms with E-state index in [0.717, 1.165) is 24.8 Å². The van der Waals surface area contributed by atoms with Crippen LogP contribution < -0.4 is 5.73 Å². The van der Waals surface area contributed by atoms with Gasteiger partial charge < -0.3 is 10.8 Å². The molecule has 18 heavy (non-hydrogen) atoms. The largest absolute Gasteiger partial charge is 0.399 e. The van der Waals surface area contributed by atoms with Crippen molar-refractivity contribution < 1.29 is 13.5 Å². The van der Waals surface area contributed by atoms with E-state index in [1.165, 1.54) is 6.07 Å². The lowest BCUT2D eigenvalue weighted by molar-refractivity contribution is 0.283. The highest BCUT2D eigenvalue weighted by molar-refractivity contribution is 7.91. The van der Waals surface area contributed by atoms with Gasteiger partial charge in [-0.3, -0.25) is 0 Å². The number of aliphatic hydroxyl groups is 1. The molecule has 5 heteroatoms. The summed E-state index contributed by atoms with van der Waals surface area (Å²) >= 11 is 0. The van der Waals surface area contributed by atoms with Crippen molar-refractivity contribution >= 4 is 15.5 Å². The second-order valence-electron chi connectivity index (χ2n) is 4.48. The van der Waals surface area contributed by atoms with Gasteiger partial charge in [0.15, 0.2) is 9.84 Å². The summed E-state index contributed by atoms with van der Waals surface area (Å²) in [6, 6.07) is 4.96. The number of anilines is 1. The molecule has 0 atom stereocenters. The van der Waals surface area contributed by atoms with Crippen LogP contribution in [0.5, 0.6) is 0 Å².